The number of H-pyrrole nitrogens is 1. The van der Waals surface area contributed by atoms with E-state index in [4.69, 9.17) is 4.74 Å². The Balaban J connectivity index is 1.82. The maximum absolute atomic E-state index is 12.5. The van der Waals surface area contributed by atoms with E-state index in [0.717, 1.165) is 0 Å². The lowest BCUT2D eigenvalue weighted by molar-refractivity contribution is -0.115. The maximum Gasteiger partial charge on any atom is 0.352 e. The average Bonchev–Trinajstić information content (AvgIpc) is 3.01. The van der Waals surface area contributed by atoms with Gasteiger partial charge in [0.25, 0.3) is 0 Å². The predicted octanol–water partition coefficient (Wildman–Crippen LogP) is 3.22. The largest absolute Gasteiger partial charge is 0.477 e. The van der Waals surface area contributed by atoms with Gasteiger partial charge in [0.2, 0.25) is 5.91 Å². The quantitative estimate of drug-likeness (QED) is 0.581. The van der Waals surface area contributed by atoms with Crippen LogP contribution in [0.4, 0.5) is 5.69 Å². The SMILES string of the molecule is CCOC(=O)c1cccc(NC(=O)Cc2c(C(=O)O)[nH]c3ccccc23)c1. The van der Waals surface area contributed by atoms with Crippen LogP contribution in [0.5, 0.6) is 0 Å². The van der Waals surface area contributed by atoms with Crippen molar-refractivity contribution in [2.45, 2.75) is 13.3 Å². The molecule has 0 atom stereocenters. The van der Waals surface area contributed by atoms with Gasteiger partial charge in [0, 0.05) is 22.2 Å². The predicted molar refractivity (Wildman–Crippen MR) is 100.0 cm³/mol. The molecule has 27 heavy (non-hydrogen) atoms. The molecule has 3 N–H and O–H groups in total. The summed E-state index contributed by atoms with van der Waals surface area (Å²) in [5.41, 5.74) is 1.82. The molecule has 0 spiro atoms. The topological polar surface area (TPSA) is 108 Å². The van der Waals surface area contributed by atoms with Crippen LogP contribution in [0.3, 0.4) is 0 Å². The summed E-state index contributed by atoms with van der Waals surface area (Å²) in [6.45, 7) is 1.97. The maximum atomic E-state index is 12.5. The Labute approximate surface area is 155 Å². The number of carbonyl (C=O) groups is 3. The highest BCUT2D eigenvalue weighted by Crippen LogP contribution is 2.23. The fourth-order valence-electron chi connectivity index (χ4n) is 2.87. The van der Waals surface area contributed by atoms with Crippen LogP contribution in [0, 0.1) is 0 Å². The van der Waals surface area contributed by atoms with E-state index in [9.17, 15) is 19.5 Å². The second-order valence-electron chi connectivity index (χ2n) is 5.86. The molecule has 0 saturated heterocycles. The molecule has 3 rings (SSSR count). The zero-order valence-electron chi connectivity index (χ0n) is 14.6. The van der Waals surface area contributed by atoms with E-state index in [0.29, 0.717) is 27.7 Å². The van der Waals surface area contributed by atoms with Gasteiger partial charge in [-0.25, -0.2) is 9.59 Å². The third-order valence-corrected chi connectivity index (χ3v) is 4.02. The van der Waals surface area contributed by atoms with E-state index in [-0.39, 0.29) is 24.6 Å². The Bertz CT molecular complexity index is 1020. The third kappa shape index (κ3) is 3.98. The number of carboxylic acids is 1. The summed E-state index contributed by atoms with van der Waals surface area (Å²) in [4.78, 5) is 38.6. The van der Waals surface area contributed by atoms with Gasteiger partial charge in [0.05, 0.1) is 18.6 Å². The molecule has 1 aromatic heterocycles. The van der Waals surface area contributed by atoms with Gasteiger partial charge in [-0.1, -0.05) is 24.3 Å². The van der Waals surface area contributed by atoms with E-state index in [1.807, 2.05) is 0 Å². The van der Waals surface area contributed by atoms with Crippen LogP contribution in [0.25, 0.3) is 10.9 Å². The van der Waals surface area contributed by atoms with Crippen LogP contribution in [-0.2, 0) is 16.0 Å². The fraction of sp³-hybridized carbons (Fsp3) is 0.150. The number of para-hydroxylation sites is 1. The number of nitrogens with one attached hydrogen (secondary N) is 2. The summed E-state index contributed by atoms with van der Waals surface area (Å²) in [7, 11) is 0. The highest BCUT2D eigenvalue weighted by Gasteiger charge is 2.19. The monoisotopic (exact) mass is 366 g/mol. The summed E-state index contributed by atoms with van der Waals surface area (Å²) in [6.07, 6.45) is -0.116. The van der Waals surface area contributed by atoms with Crippen molar-refractivity contribution >= 4 is 34.4 Å². The summed E-state index contributed by atoms with van der Waals surface area (Å²) in [5, 5.41) is 12.8. The number of amides is 1. The Morgan fingerprint density at radius 2 is 1.89 bits per heavy atom. The van der Waals surface area contributed by atoms with Crippen molar-refractivity contribution in [2.24, 2.45) is 0 Å². The van der Waals surface area contributed by atoms with Crippen molar-refractivity contribution in [2.75, 3.05) is 11.9 Å². The van der Waals surface area contributed by atoms with E-state index < -0.39 is 11.9 Å². The molecule has 1 heterocycles. The fourth-order valence-corrected chi connectivity index (χ4v) is 2.87. The van der Waals surface area contributed by atoms with Crippen molar-refractivity contribution < 1.29 is 24.2 Å². The number of hydrogen-bond acceptors (Lipinski definition) is 4. The molecule has 1 amide bonds. The Morgan fingerprint density at radius 3 is 2.63 bits per heavy atom. The van der Waals surface area contributed by atoms with Crippen molar-refractivity contribution in [3.63, 3.8) is 0 Å². The van der Waals surface area contributed by atoms with Crippen molar-refractivity contribution in [1.82, 2.24) is 4.98 Å². The molecule has 0 aliphatic rings. The number of ether oxygens (including phenoxy) is 1. The highest BCUT2D eigenvalue weighted by atomic mass is 16.5. The Morgan fingerprint density at radius 1 is 1.11 bits per heavy atom. The molecule has 0 radical (unpaired) electrons. The zero-order valence-corrected chi connectivity index (χ0v) is 14.6. The molecule has 0 unspecified atom stereocenters. The van der Waals surface area contributed by atoms with Gasteiger partial charge in [0.15, 0.2) is 0 Å². The molecule has 0 fully saturated rings. The minimum absolute atomic E-state index is 0.00776. The standard InChI is InChI=1S/C20H18N2O5/c1-2-27-20(26)12-6-5-7-13(10-12)21-17(23)11-15-14-8-3-4-9-16(14)22-18(15)19(24)25/h3-10,22H,2,11H2,1H3,(H,21,23)(H,24,25). The number of aromatic nitrogens is 1. The molecule has 3 aromatic rings. The second-order valence-corrected chi connectivity index (χ2v) is 5.86. The summed E-state index contributed by atoms with van der Waals surface area (Å²) < 4.78 is 4.94. The Kier molecular flexibility index (Phi) is 5.21. The van der Waals surface area contributed by atoms with E-state index in [1.54, 1.807) is 49.4 Å². The minimum Gasteiger partial charge on any atom is -0.477 e. The number of aromatic carboxylic acids is 1. The normalized spacial score (nSPS) is 10.6. The van der Waals surface area contributed by atoms with Crippen LogP contribution < -0.4 is 5.32 Å². The van der Waals surface area contributed by atoms with Crippen LogP contribution in [0.15, 0.2) is 48.5 Å². The number of rotatable bonds is 6. The van der Waals surface area contributed by atoms with Gasteiger partial charge in [-0.15, -0.1) is 0 Å². The van der Waals surface area contributed by atoms with Gasteiger partial charge in [-0.3, -0.25) is 4.79 Å². The molecule has 0 aliphatic heterocycles. The molecular formula is C20H18N2O5. The molecule has 7 heteroatoms. The van der Waals surface area contributed by atoms with E-state index >= 15 is 0 Å². The molecule has 0 bridgehead atoms. The smallest absolute Gasteiger partial charge is 0.352 e. The summed E-state index contributed by atoms with van der Waals surface area (Å²) in [5.74, 6) is -1.99. The van der Waals surface area contributed by atoms with E-state index in [2.05, 4.69) is 10.3 Å². The van der Waals surface area contributed by atoms with Gasteiger partial charge in [-0.2, -0.15) is 0 Å². The van der Waals surface area contributed by atoms with Crippen molar-refractivity contribution in [3.05, 3.63) is 65.4 Å². The lowest BCUT2D eigenvalue weighted by Crippen LogP contribution is -2.16. The number of benzene rings is 2. The molecule has 138 valence electrons. The summed E-state index contributed by atoms with van der Waals surface area (Å²) >= 11 is 0. The number of carbonyl (C=O) groups excluding carboxylic acids is 2. The lowest BCUT2D eigenvalue weighted by atomic mass is 10.1. The highest BCUT2D eigenvalue weighted by molar-refractivity contribution is 6.02. The number of hydrogen-bond donors (Lipinski definition) is 3. The van der Waals surface area contributed by atoms with E-state index in [1.165, 1.54) is 6.07 Å². The first-order valence-corrected chi connectivity index (χ1v) is 8.39. The summed E-state index contributed by atoms with van der Waals surface area (Å²) in [6, 6.07) is 13.5. The van der Waals surface area contributed by atoms with Gasteiger partial charge in [0.1, 0.15) is 5.69 Å². The molecule has 2 aromatic carbocycles. The minimum atomic E-state index is -1.13. The molecule has 7 nitrogen and oxygen atoms in total. The molecular weight excluding hydrogens is 348 g/mol. The molecule has 0 saturated carbocycles. The lowest BCUT2D eigenvalue weighted by Gasteiger charge is -2.08. The third-order valence-electron chi connectivity index (χ3n) is 4.02. The average molecular weight is 366 g/mol. The van der Waals surface area contributed by atoms with Crippen molar-refractivity contribution in [3.8, 4) is 0 Å². The first-order valence-electron chi connectivity index (χ1n) is 8.39. The van der Waals surface area contributed by atoms with Crippen LogP contribution >= 0.6 is 0 Å². The number of carboxylic acid groups (broad SMARTS) is 1. The second kappa shape index (κ2) is 7.74. The number of fused-ring (bicyclic) bond motifs is 1. The van der Waals surface area contributed by atoms with Crippen LogP contribution in [-0.4, -0.2) is 34.5 Å². The van der Waals surface area contributed by atoms with Crippen LogP contribution in [0.1, 0.15) is 33.3 Å². The zero-order chi connectivity index (χ0) is 19.4. The van der Waals surface area contributed by atoms with Gasteiger partial charge < -0.3 is 20.1 Å². The van der Waals surface area contributed by atoms with Gasteiger partial charge in [-0.05, 0) is 31.2 Å². The van der Waals surface area contributed by atoms with Crippen molar-refractivity contribution in [1.29, 1.82) is 0 Å². The number of esters is 1. The Hall–Kier alpha value is -3.61. The number of aromatic amines is 1. The number of anilines is 1. The van der Waals surface area contributed by atoms with Gasteiger partial charge >= 0.3 is 11.9 Å². The first kappa shape index (κ1) is 18.2. The van der Waals surface area contributed by atoms with Crippen LogP contribution in [0.2, 0.25) is 0 Å². The first-order chi connectivity index (χ1) is 13.0. The molecule has 0 aliphatic carbocycles.